The monoisotopic (exact) mass is 382 g/mol. The van der Waals surface area contributed by atoms with E-state index in [9.17, 15) is 21.6 Å². The fraction of sp³-hybridized carbons (Fsp3) is 0. The Morgan fingerprint density at radius 1 is 0.923 bits per heavy atom. The van der Waals surface area contributed by atoms with Gasteiger partial charge in [-0.2, -0.15) is 4.39 Å². The molecule has 5 nitrogen and oxygen atoms in total. The molecule has 0 radical (unpaired) electrons. The van der Waals surface area contributed by atoms with Crippen LogP contribution in [-0.2, 0) is 10.0 Å². The molecule has 0 aliphatic rings. The highest BCUT2D eigenvalue weighted by atomic mass is 32.2. The predicted octanol–water partition coefficient (Wildman–Crippen LogP) is 3.21. The van der Waals surface area contributed by atoms with Crippen LogP contribution in [0.25, 0.3) is 11.3 Å². The van der Waals surface area contributed by atoms with E-state index in [1.54, 1.807) is 18.2 Å². The van der Waals surface area contributed by atoms with E-state index in [1.165, 1.54) is 24.3 Å². The molecule has 3 N–H and O–H groups in total. The van der Waals surface area contributed by atoms with Gasteiger partial charge in [-0.15, -0.1) is 0 Å². The van der Waals surface area contributed by atoms with Crippen molar-refractivity contribution in [2.45, 2.75) is 4.90 Å². The number of aromatic hydroxyl groups is 1. The fourth-order valence-electron chi connectivity index (χ4n) is 1.95. The standard InChI is InChI=1S/C11H9FN2O2S.C6H4F2O/c12-8-5-6-10(14-7-8)9-3-1-2-4-11(9)17(13,15)16;7-4-2-1-3-5(9)6(4)8/h1-7H,(H2,13,15,16);1-3,9H. The van der Waals surface area contributed by atoms with Crippen LogP contribution in [-0.4, -0.2) is 18.5 Å². The summed E-state index contributed by atoms with van der Waals surface area (Å²) in [7, 11) is -3.83. The molecule has 0 spiro atoms. The number of nitrogens with two attached hydrogens (primary N) is 1. The van der Waals surface area contributed by atoms with Crippen LogP contribution in [0.1, 0.15) is 0 Å². The van der Waals surface area contributed by atoms with Crippen LogP contribution in [0.2, 0.25) is 0 Å². The van der Waals surface area contributed by atoms with Crippen molar-refractivity contribution in [3.05, 3.63) is 78.2 Å². The first-order valence-corrected chi connectivity index (χ1v) is 8.61. The lowest BCUT2D eigenvalue weighted by atomic mass is 10.1. The maximum absolute atomic E-state index is 12.7. The normalized spacial score (nSPS) is 10.8. The van der Waals surface area contributed by atoms with Crippen molar-refractivity contribution in [3.63, 3.8) is 0 Å². The first-order chi connectivity index (χ1) is 12.2. The molecule has 0 amide bonds. The van der Waals surface area contributed by atoms with E-state index in [2.05, 4.69) is 4.98 Å². The Kier molecular flexibility index (Phi) is 5.96. The Labute approximate surface area is 147 Å². The highest BCUT2D eigenvalue weighted by molar-refractivity contribution is 7.89. The average molecular weight is 382 g/mol. The van der Waals surface area contributed by atoms with E-state index in [1.807, 2.05) is 0 Å². The highest BCUT2D eigenvalue weighted by Crippen LogP contribution is 2.24. The minimum Gasteiger partial charge on any atom is -0.505 e. The summed E-state index contributed by atoms with van der Waals surface area (Å²) in [5.74, 6) is -3.37. The number of phenols is 1. The van der Waals surface area contributed by atoms with Gasteiger partial charge in [0.1, 0.15) is 5.82 Å². The van der Waals surface area contributed by atoms with E-state index < -0.39 is 33.2 Å². The van der Waals surface area contributed by atoms with Crippen LogP contribution in [0.15, 0.2) is 65.7 Å². The topological polar surface area (TPSA) is 93.3 Å². The second-order valence-corrected chi connectivity index (χ2v) is 6.51. The third-order valence-corrected chi connectivity index (χ3v) is 4.10. The number of aromatic nitrogens is 1. The summed E-state index contributed by atoms with van der Waals surface area (Å²) >= 11 is 0. The van der Waals surface area contributed by atoms with Crippen molar-refractivity contribution in [2.24, 2.45) is 5.14 Å². The Morgan fingerprint density at radius 2 is 1.62 bits per heavy atom. The first-order valence-electron chi connectivity index (χ1n) is 7.07. The zero-order valence-electron chi connectivity index (χ0n) is 13.1. The lowest BCUT2D eigenvalue weighted by Crippen LogP contribution is -2.13. The van der Waals surface area contributed by atoms with Crippen molar-refractivity contribution in [2.75, 3.05) is 0 Å². The van der Waals surface area contributed by atoms with Gasteiger partial charge in [-0.3, -0.25) is 4.98 Å². The van der Waals surface area contributed by atoms with Crippen LogP contribution in [0, 0.1) is 17.5 Å². The number of primary sulfonamides is 1. The van der Waals surface area contributed by atoms with Crippen LogP contribution < -0.4 is 5.14 Å². The van der Waals surface area contributed by atoms with Gasteiger partial charge in [-0.05, 0) is 30.3 Å². The molecule has 0 saturated heterocycles. The number of rotatable bonds is 2. The highest BCUT2D eigenvalue weighted by Gasteiger charge is 2.15. The second-order valence-electron chi connectivity index (χ2n) is 4.98. The molecule has 1 aromatic heterocycles. The smallest absolute Gasteiger partial charge is 0.238 e. The molecule has 0 saturated carbocycles. The molecule has 0 atom stereocenters. The van der Waals surface area contributed by atoms with Crippen LogP contribution in [0.3, 0.4) is 0 Å². The summed E-state index contributed by atoms with van der Waals surface area (Å²) in [6.45, 7) is 0. The number of halogens is 3. The van der Waals surface area contributed by atoms with Crippen LogP contribution in [0.5, 0.6) is 5.75 Å². The van der Waals surface area contributed by atoms with E-state index in [4.69, 9.17) is 10.2 Å². The van der Waals surface area contributed by atoms with Gasteiger partial charge < -0.3 is 5.11 Å². The summed E-state index contributed by atoms with van der Waals surface area (Å²) in [4.78, 5) is 3.80. The summed E-state index contributed by atoms with van der Waals surface area (Å²) in [6.07, 6.45) is 1.02. The summed E-state index contributed by atoms with van der Waals surface area (Å²) in [5, 5.41) is 13.6. The molecule has 136 valence electrons. The number of hydrogen-bond donors (Lipinski definition) is 2. The van der Waals surface area contributed by atoms with Gasteiger partial charge in [0.05, 0.1) is 16.8 Å². The minimum absolute atomic E-state index is 0.0286. The Morgan fingerprint density at radius 3 is 2.15 bits per heavy atom. The zero-order valence-corrected chi connectivity index (χ0v) is 13.9. The summed E-state index contributed by atoms with van der Waals surface area (Å²) < 4.78 is 59.6. The zero-order chi connectivity index (χ0) is 19.3. The van der Waals surface area contributed by atoms with Gasteiger partial charge >= 0.3 is 0 Å². The molecule has 0 unspecified atom stereocenters. The van der Waals surface area contributed by atoms with E-state index in [0.717, 1.165) is 18.3 Å². The molecule has 26 heavy (non-hydrogen) atoms. The van der Waals surface area contributed by atoms with Crippen LogP contribution >= 0.6 is 0 Å². The number of benzene rings is 2. The molecule has 9 heteroatoms. The van der Waals surface area contributed by atoms with E-state index in [-0.39, 0.29) is 4.90 Å². The summed E-state index contributed by atoms with van der Waals surface area (Å²) in [6, 6.07) is 12.0. The number of nitrogens with zero attached hydrogens (tertiary/aromatic N) is 1. The SMILES string of the molecule is NS(=O)(=O)c1ccccc1-c1ccc(F)cn1.Oc1cccc(F)c1F. The van der Waals surface area contributed by atoms with Crippen molar-refractivity contribution >= 4 is 10.0 Å². The van der Waals surface area contributed by atoms with E-state index >= 15 is 0 Å². The lowest BCUT2D eigenvalue weighted by Gasteiger charge is -2.06. The molecule has 0 aliphatic carbocycles. The quantitative estimate of drug-likeness (QED) is 0.712. The minimum atomic E-state index is -3.83. The summed E-state index contributed by atoms with van der Waals surface area (Å²) in [5.41, 5.74) is 0.714. The van der Waals surface area contributed by atoms with Crippen molar-refractivity contribution in [3.8, 4) is 17.0 Å². The third-order valence-electron chi connectivity index (χ3n) is 3.13. The Hall–Kier alpha value is -2.91. The molecule has 3 aromatic rings. The predicted molar refractivity (Wildman–Crippen MR) is 89.0 cm³/mol. The van der Waals surface area contributed by atoms with Gasteiger partial charge in [0.15, 0.2) is 17.4 Å². The maximum Gasteiger partial charge on any atom is 0.238 e. The molecule has 0 fully saturated rings. The maximum atomic E-state index is 12.7. The van der Waals surface area contributed by atoms with Gasteiger partial charge in [0, 0.05) is 5.56 Å². The van der Waals surface area contributed by atoms with Gasteiger partial charge in [0.2, 0.25) is 10.0 Å². The second kappa shape index (κ2) is 7.98. The number of hydrogen-bond acceptors (Lipinski definition) is 4. The molecule has 2 aromatic carbocycles. The first kappa shape index (κ1) is 19.4. The number of pyridine rings is 1. The number of sulfonamides is 1. The van der Waals surface area contributed by atoms with E-state index in [0.29, 0.717) is 11.3 Å². The van der Waals surface area contributed by atoms with Gasteiger partial charge in [-0.25, -0.2) is 22.3 Å². The van der Waals surface area contributed by atoms with Crippen molar-refractivity contribution < 1.29 is 26.7 Å². The molecule has 0 aliphatic heterocycles. The van der Waals surface area contributed by atoms with Crippen molar-refractivity contribution in [1.82, 2.24) is 4.98 Å². The van der Waals surface area contributed by atoms with Gasteiger partial charge in [0.25, 0.3) is 0 Å². The third kappa shape index (κ3) is 4.80. The Balaban J connectivity index is 0.000000228. The largest absolute Gasteiger partial charge is 0.505 e. The molecular weight excluding hydrogens is 369 g/mol. The van der Waals surface area contributed by atoms with Crippen LogP contribution in [0.4, 0.5) is 13.2 Å². The van der Waals surface area contributed by atoms with Crippen molar-refractivity contribution in [1.29, 1.82) is 0 Å². The number of phenolic OH excluding ortho intramolecular Hbond substituents is 1. The molecular formula is C17H13F3N2O3S. The average Bonchev–Trinajstić information content (AvgIpc) is 2.60. The molecule has 0 bridgehead atoms. The molecule has 3 rings (SSSR count). The lowest BCUT2D eigenvalue weighted by molar-refractivity contribution is 0.407. The fourth-order valence-corrected chi connectivity index (χ4v) is 2.70. The molecule has 1 heterocycles. The Bertz CT molecular complexity index is 990. The van der Waals surface area contributed by atoms with Gasteiger partial charge in [-0.1, -0.05) is 24.3 Å².